The van der Waals surface area contributed by atoms with Gasteiger partial charge in [0.15, 0.2) is 0 Å². The third kappa shape index (κ3) is 5.64. The first kappa shape index (κ1) is 22.8. The van der Waals surface area contributed by atoms with Crippen LogP contribution in [0.5, 0.6) is 0 Å². The lowest BCUT2D eigenvalue weighted by molar-refractivity contribution is -0.134. The number of halogens is 2. The van der Waals surface area contributed by atoms with Gasteiger partial charge in [0.05, 0.1) is 10.9 Å². The van der Waals surface area contributed by atoms with Crippen LogP contribution in [0.1, 0.15) is 33.1 Å². The minimum atomic E-state index is -3.69. The molecule has 0 saturated carbocycles. The minimum absolute atomic E-state index is 0. The summed E-state index contributed by atoms with van der Waals surface area (Å²) in [5.41, 5.74) is 5.99. The number of hydrogen-bond acceptors (Lipinski definition) is 4. The first-order chi connectivity index (χ1) is 11.7. The summed E-state index contributed by atoms with van der Waals surface area (Å²) in [6.45, 7) is 4.89. The third-order valence-electron chi connectivity index (χ3n) is 4.79. The van der Waals surface area contributed by atoms with E-state index in [1.165, 1.54) is 12.1 Å². The van der Waals surface area contributed by atoms with Gasteiger partial charge in [0.2, 0.25) is 15.9 Å². The maximum absolute atomic E-state index is 12.9. The van der Waals surface area contributed by atoms with Crippen LogP contribution in [0, 0.1) is 11.7 Å². The van der Waals surface area contributed by atoms with Gasteiger partial charge in [-0.25, -0.2) is 17.5 Å². The molecule has 0 aromatic heterocycles. The second-order valence-electron chi connectivity index (χ2n) is 6.59. The monoisotopic (exact) mass is 407 g/mol. The highest BCUT2D eigenvalue weighted by Crippen LogP contribution is 2.17. The van der Waals surface area contributed by atoms with Gasteiger partial charge < -0.3 is 10.6 Å². The van der Waals surface area contributed by atoms with Gasteiger partial charge in [-0.3, -0.25) is 4.79 Å². The Labute approximate surface area is 160 Å². The number of nitrogens with two attached hydrogens (primary N) is 1. The van der Waals surface area contributed by atoms with E-state index in [-0.39, 0.29) is 35.2 Å². The molecule has 9 heteroatoms. The first-order valence-electron chi connectivity index (χ1n) is 8.57. The van der Waals surface area contributed by atoms with E-state index in [0.29, 0.717) is 25.9 Å². The van der Waals surface area contributed by atoms with Crippen molar-refractivity contribution < 1.29 is 17.6 Å². The molecule has 1 fully saturated rings. The molecule has 148 valence electrons. The topological polar surface area (TPSA) is 92.5 Å². The Morgan fingerprint density at radius 2 is 1.85 bits per heavy atom. The number of likely N-dealkylation sites (tertiary alicyclic amines) is 1. The molecule has 0 bridgehead atoms. The van der Waals surface area contributed by atoms with Gasteiger partial charge in [0.1, 0.15) is 5.82 Å². The molecule has 1 saturated heterocycles. The SMILES string of the molecule is CCC(C)C(N)C(=O)N1CCC(NS(=O)(=O)c2ccc(F)cc2)CC1.Cl. The van der Waals surface area contributed by atoms with Crippen LogP contribution in [0.3, 0.4) is 0 Å². The zero-order valence-electron chi connectivity index (χ0n) is 15.0. The van der Waals surface area contributed by atoms with Crippen LogP contribution in [-0.4, -0.2) is 44.4 Å². The van der Waals surface area contributed by atoms with Crippen LogP contribution >= 0.6 is 12.4 Å². The van der Waals surface area contributed by atoms with Crippen LogP contribution in [0.2, 0.25) is 0 Å². The summed E-state index contributed by atoms with van der Waals surface area (Å²) >= 11 is 0. The number of carbonyl (C=O) groups is 1. The van der Waals surface area contributed by atoms with Crippen molar-refractivity contribution in [1.82, 2.24) is 9.62 Å². The quantitative estimate of drug-likeness (QED) is 0.753. The fraction of sp³-hybridized carbons (Fsp3) is 0.588. The molecule has 1 aliphatic heterocycles. The van der Waals surface area contributed by atoms with E-state index in [9.17, 15) is 17.6 Å². The lowest BCUT2D eigenvalue weighted by Crippen LogP contribution is -2.52. The molecular weight excluding hydrogens is 381 g/mol. The zero-order valence-corrected chi connectivity index (χ0v) is 16.7. The number of benzene rings is 1. The van der Waals surface area contributed by atoms with Crippen LogP contribution in [0.4, 0.5) is 4.39 Å². The highest BCUT2D eigenvalue weighted by atomic mass is 35.5. The maximum atomic E-state index is 12.9. The van der Waals surface area contributed by atoms with Crippen molar-refractivity contribution in [2.75, 3.05) is 13.1 Å². The molecule has 0 spiro atoms. The number of carbonyl (C=O) groups excluding carboxylic acids is 1. The smallest absolute Gasteiger partial charge is 0.240 e. The molecule has 26 heavy (non-hydrogen) atoms. The molecule has 2 atom stereocenters. The molecule has 6 nitrogen and oxygen atoms in total. The lowest BCUT2D eigenvalue weighted by atomic mass is 9.97. The van der Waals surface area contributed by atoms with Crippen LogP contribution in [0.25, 0.3) is 0 Å². The number of hydrogen-bond donors (Lipinski definition) is 2. The van der Waals surface area contributed by atoms with E-state index >= 15 is 0 Å². The Bertz CT molecular complexity index is 692. The highest BCUT2D eigenvalue weighted by molar-refractivity contribution is 7.89. The molecule has 2 unspecified atom stereocenters. The summed E-state index contributed by atoms with van der Waals surface area (Å²) in [7, 11) is -3.69. The Morgan fingerprint density at radius 3 is 2.35 bits per heavy atom. The Kier molecular flexibility index (Phi) is 8.46. The predicted octanol–water partition coefficient (Wildman–Crippen LogP) is 1.89. The van der Waals surface area contributed by atoms with Gasteiger partial charge >= 0.3 is 0 Å². The van der Waals surface area contributed by atoms with Gasteiger partial charge in [-0.2, -0.15) is 0 Å². The second kappa shape index (κ2) is 9.64. The fourth-order valence-electron chi connectivity index (χ4n) is 2.83. The standard InChI is InChI=1S/C17H26FN3O3S.ClH/c1-3-12(2)16(19)17(22)21-10-8-14(9-11-21)20-25(23,24)15-6-4-13(18)5-7-15;/h4-7,12,14,16,20H,3,8-11,19H2,1-2H3;1H. The van der Waals surface area contributed by atoms with Crippen molar-refractivity contribution in [2.24, 2.45) is 11.7 Å². The maximum Gasteiger partial charge on any atom is 0.240 e. The van der Waals surface area contributed by atoms with Gasteiger partial charge in [0.25, 0.3) is 0 Å². The molecule has 1 aromatic carbocycles. The van der Waals surface area contributed by atoms with Crippen molar-refractivity contribution >= 4 is 28.3 Å². The first-order valence-corrected chi connectivity index (χ1v) is 10.0. The average molecular weight is 408 g/mol. The van der Waals surface area contributed by atoms with E-state index in [1.54, 1.807) is 4.90 Å². The summed E-state index contributed by atoms with van der Waals surface area (Å²) in [6, 6.07) is 3.94. The van der Waals surface area contributed by atoms with Crippen molar-refractivity contribution in [3.63, 3.8) is 0 Å². The van der Waals surface area contributed by atoms with Crippen LogP contribution in [0.15, 0.2) is 29.2 Å². The minimum Gasteiger partial charge on any atom is -0.341 e. The number of sulfonamides is 1. The molecule has 0 aliphatic carbocycles. The summed E-state index contributed by atoms with van der Waals surface area (Å²) in [5, 5.41) is 0. The lowest BCUT2D eigenvalue weighted by Gasteiger charge is -2.34. The Hall–Kier alpha value is -1.22. The van der Waals surface area contributed by atoms with Crippen molar-refractivity contribution in [3.8, 4) is 0 Å². The van der Waals surface area contributed by atoms with Gasteiger partial charge in [0, 0.05) is 19.1 Å². The van der Waals surface area contributed by atoms with Crippen LogP contribution in [-0.2, 0) is 14.8 Å². The molecule has 3 N–H and O–H groups in total. The molecule has 1 amide bonds. The number of piperidine rings is 1. The average Bonchev–Trinajstić information content (AvgIpc) is 2.60. The Balaban J connectivity index is 0.00000338. The predicted molar refractivity (Wildman–Crippen MR) is 101 cm³/mol. The summed E-state index contributed by atoms with van der Waals surface area (Å²) in [4.78, 5) is 14.1. The van der Waals surface area contributed by atoms with Gasteiger partial charge in [-0.15, -0.1) is 12.4 Å². The van der Waals surface area contributed by atoms with E-state index in [2.05, 4.69) is 4.72 Å². The van der Waals surface area contributed by atoms with E-state index in [1.807, 2.05) is 13.8 Å². The largest absolute Gasteiger partial charge is 0.341 e. The zero-order chi connectivity index (χ0) is 18.6. The highest BCUT2D eigenvalue weighted by Gasteiger charge is 2.30. The molecule has 0 radical (unpaired) electrons. The van der Waals surface area contributed by atoms with Gasteiger partial charge in [-0.1, -0.05) is 20.3 Å². The van der Waals surface area contributed by atoms with E-state index in [4.69, 9.17) is 5.73 Å². The molecule has 2 rings (SSSR count). The molecule has 1 aliphatic rings. The number of nitrogens with one attached hydrogen (secondary N) is 1. The fourth-order valence-corrected chi connectivity index (χ4v) is 4.13. The summed E-state index contributed by atoms with van der Waals surface area (Å²) in [5.74, 6) is -0.445. The van der Waals surface area contributed by atoms with Gasteiger partial charge in [-0.05, 0) is 43.0 Å². The van der Waals surface area contributed by atoms with Crippen molar-refractivity contribution in [2.45, 2.75) is 50.1 Å². The molecule has 1 aromatic rings. The van der Waals surface area contributed by atoms with Crippen molar-refractivity contribution in [3.05, 3.63) is 30.1 Å². The van der Waals surface area contributed by atoms with Crippen molar-refractivity contribution in [1.29, 1.82) is 0 Å². The summed E-state index contributed by atoms with van der Waals surface area (Å²) in [6.07, 6.45) is 1.89. The number of nitrogens with zero attached hydrogens (tertiary/aromatic N) is 1. The van der Waals surface area contributed by atoms with E-state index in [0.717, 1.165) is 18.6 Å². The number of amides is 1. The third-order valence-corrected chi connectivity index (χ3v) is 6.33. The normalized spacial score (nSPS) is 18.1. The number of rotatable bonds is 6. The molecule has 1 heterocycles. The Morgan fingerprint density at radius 1 is 1.31 bits per heavy atom. The second-order valence-corrected chi connectivity index (χ2v) is 8.30. The summed E-state index contributed by atoms with van der Waals surface area (Å²) < 4.78 is 40.2. The van der Waals surface area contributed by atoms with E-state index < -0.39 is 21.9 Å². The molecular formula is C17H27ClFN3O3S. The van der Waals surface area contributed by atoms with Crippen LogP contribution < -0.4 is 10.5 Å².